The maximum Gasteiger partial charge on any atom is 0.248 e. The minimum Gasteiger partial charge on any atom is -0.496 e. The highest BCUT2D eigenvalue weighted by molar-refractivity contribution is 5.92. The van der Waals surface area contributed by atoms with E-state index >= 15 is 0 Å². The van der Waals surface area contributed by atoms with Gasteiger partial charge in [0.15, 0.2) is 6.29 Å². The molecule has 0 atom stereocenters. The fraction of sp³-hybridized carbons (Fsp3) is 0.412. The number of ether oxygens (including phenoxy) is 1. The summed E-state index contributed by atoms with van der Waals surface area (Å²) in [6.07, 6.45) is 6.22. The molecule has 0 fully saturated rings. The van der Waals surface area contributed by atoms with Crippen LogP contribution in [0.2, 0.25) is 0 Å². The first-order valence-corrected chi connectivity index (χ1v) is 7.38. The molecule has 4 heteroatoms. The SMILES string of the molecule is CCCCCCc1cc(=O)[nH]c2cc(OC)c(C=O)cc12. The Balaban J connectivity index is 2.44. The molecule has 1 heterocycles. The maximum atomic E-state index is 11.8. The van der Waals surface area contributed by atoms with E-state index in [1.54, 1.807) is 18.2 Å². The highest BCUT2D eigenvalue weighted by Crippen LogP contribution is 2.26. The van der Waals surface area contributed by atoms with Gasteiger partial charge in [-0.3, -0.25) is 9.59 Å². The van der Waals surface area contributed by atoms with Crippen molar-refractivity contribution in [2.75, 3.05) is 7.11 Å². The largest absolute Gasteiger partial charge is 0.496 e. The lowest BCUT2D eigenvalue weighted by molar-refractivity contribution is 0.112. The molecule has 1 aromatic carbocycles. The summed E-state index contributed by atoms with van der Waals surface area (Å²) in [6, 6.07) is 5.15. The first kappa shape index (κ1) is 15.3. The van der Waals surface area contributed by atoms with E-state index < -0.39 is 0 Å². The van der Waals surface area contributed by atoms with E-state index in [0.717, 1.165) is 42.0 Å². The molecule has 1 aromatic heterocycles. The zero-order valence-corrected chi connectivity index (χ0v) is 12.6. The lowest BCUT2D eigenvalue weighted by Crippen LogP contribution is -2.07. The number of aromatic amines is 1. The zero-order valence-electron chi connectivity index (χ0n) is 12.6. The highest BCUT2D eigenvalue weighted by Gasteiger charge is 2.09. The van der Waals surface area contributed by atoms with Crippen LogP contribution in [0.1, 0.15) is 48.5 Å². The van der Waals surface area contributed by atoms with Gasteiger partial charge in [-0.1, -0.05) is 26.2 Å². The van der Waals surface area contributed by atoms with Gasteiger partial charge in [-0.25, -0.2) is 0 Å². The molecule has 2 aromatic rings. The van der Waals surface area contributed by atoms with Crippen molar-refractivity contribution in [2.45, 2.75) is 39.0 Å². The number of nitrogens with one attached hydrogen (secondary N) is 1. The van der Waals surface area contributed by atoms with Gasteiger partial charge in [-0.05, 0) is 24.5 Å². The van der Waals surface area contributed by atoms with E-state index in [0.29, 0.717) is 11.3 Å². The van der Waals surface area contributed by atoms with Gasteiger partial charge in [0.2, 0.25) is 5.56 Å². The molecule has 0 aliphatic rings. The smallest absolute Gasteiger partial charge is 0.248 e. The van der Waals surface area contributed by atoms with Crippen LogP contribution < -0.4 is 10.3 Å². The van der Waals surface area contributed by atoms with E-state index in [1.807, 2.05) is 0 Å². The number of fused-ring (bicyclic) bond motifs is 1. The van der Waals surface area contributed by atoms with E-state index in [-0.39, 0.29) is 5.56 Å². The van der Waals surface area contributed by atoms with Crippen molar-refractivity contribution < 1.29 is 9.53 Å². The average molecular weight is 287 g/mol. The maximum absolute atomic E-state index is 11.8. The topological polar surface area (TPSA) is 59.2 Å². The highest BCUT2D eigenvalue weighted by atomic mass is 16.5. The summed E-state index contributed by atoms with van der Waals surface area (Å²) in [6.45, 7) is 2.17. The predicted octanol–water partition coefficient (Wildman–Crippen LogP) is 3.47. The number of benzene rings is 1. The van der Waals surface area contributed by atoms with Crippen molar-refractivity contribution in [3.05, 3.63) is 39.7 Å². The Labute approximate surface area is 124 Å². The number of aldehydes is 1. The Hall–Kier alpha value is -2.10. The summed E-state index contributed by atoms with van der Waals surface area (Å²) in [5, 5.41) is 0.925. The number of hydrogen-bond donors (Lipinski definition) is 1. The van der Waals surface area contributed by atoms with Crippen molar-refractivity contribution in [1.29, 1.82) is 0 Å². The molecule has 4 nitrogen and oxygen atoms in total. The second-order valence-electron chi connectivity index (χ2n) is 5.23. The number of H-pyrrole nitrogens is 1. The molecule has 1 N–H and O–H groups in total. The fourth-order valence-corrected chi connectivity index (χ4v) is 2.59. The van der Waals surface area contributed by atoms with Crippen LogP contribution in [0.4, 0.5) is 0 Å². The van der Waals surface area contributed by atoms with Crippen LogP contribution in [-0.2, 0) is 6.42 Å². The summed E-state index contributed by atoms with van der Waals surface area (Å²) in [5.41, 5.74) is 2.10. The summed E-state index contributed by atoms with van der Waals surface area (Å²) in [5.74, 6) is 0.483. The van der Waals surface area contributed by atoms with Gasteiger partial charge in [-0.2, -0.15) is 0 Å². The second kappa shape index (κ2) is 7.07. The van der Waals surface area contributed by atoms with Crippen LogP contribution in [0, 0.1) is 0 Å². The van der Waals surface area contributed by atoms with Gasteiger partial charge in [0.25, 0.3) is 0 Å². The lowest BCUT2D eigenvalue weighted by atomic mass is 10.0. The standard InChI is InChI=1S/C17H21NO3/c1-3-4-5-6-7-12-9-17(20)18-15-10-16(21-2)13(11-19)8-14(12)15/h8-11H,3-7H2,1-2H3,(H,18,20). The Bertz CT molecular complexity index is 688. The first-order valence-electron chi connectivity index (χ1n) is 7.38. The number of unbranched alkanes of at least 4 members (excludes halogenated alkanes) is 3. The van der Waals surface area contributed by atoms with Gasteiger partial charge in [0.05, 0.1) is 18.2 Å². The van der Waals surface area contributed by atoms with Crippen molar-refractivity contribution >= 4 is 17.2 Å². The first-order chi connectivity index (χ1) is 10.2. The molecule has 0 bridgehead atoms. The van der Waals surface area contributed by atoms with E-state index in [9.17, 15) is 9.59 Å². The summed E-state index contributed by atoms with van der Waals surface area (Å²) in [4.78, 5) is 25.7. The molecule has 0 radical (unpaired) electrons. The minimum absolute atomic E-state index is 0.117. The lowest BCUT2D eigenvalue weighted by Gasteiger charge is -2.10. The van der Waals surface area contributed by atoms with E-state index in [1.165, 1.54) is 20.0 Å². The minimum atomic E-state index is -0.117. The van der Waals surface area contributed by atoms with Crippen molar-refractivity contribution in [3.63, 3.8) is 0 Å². The monoisotopic (exact) mass is 287 g/mol. The predicted molar refractivity (Wildman–Crippen MR) is 84.4 cm³/mol. The van der Waals surface area contributed by atoms with Gasteiger partial charge >= 0.3 is 0 Å². The van der Waals surface area contributed by atoms with Crippen LogP contribution >= 0.6 is 0 Å². The molecule has 0 saturated heterocycles. The summed E-state index contributed by atoms with van der Waals surface area (Å²) >= 11 is 0. The number of rotatable bonds is 7. The summed E-state index contributed by atoms with van der Waals surface area (Å²) < 4.78 is 5.18. The third kappa shape index (κ3) is 3.51. The van der Waals surface area contributed by atoms with E-state index in [4.69, 9.17) is 4.74 Å². The Morgan fingerprint density at radius 1 is 1.19 bits per heavy atom. The number of methoxy groups -OCH3 is 1. The van der Waals surface area contributed by atoms with Crippen molar-refractivity contribution in [3.8, 4) is 5.75 Å². The van der Waals surface area contributed by atoms with Gasteiger partial charge in [-0.15, -0.1) is 0 Å². The van der Waals surface area contributed by atoms with Crippen LogP contribution in [0.15, 0.2) is 23.0 Å². The number of aryl methyl sites for hydroxylation is 1. The fourth-order valence-electron chi connectivity index (χ4n) is 2.59. The normalized spacial score (nSPS) is 10.8. The van der Waals surface area contributed by atoms with E-state index in [2.05, 4.69) is 11.9 Å². The van der Waals surface area contributed by atoms with Crippen molar-refractivity contribution in [1.82, 2.24) is 4.98 Å². The number of carbonyl (C=O) groups is 1. The molecule has 2 rings (SSSR count). The molecular weight excluding hydrogens is 266 g/mol. The second-order valence-corrected chi connectivity index (χ2v) is 5.23. The van der Waals surface area contributed by atoms with Gasteiger partial charge in [0.1, 0.15) is 5.75 Å². The molecule has 112 valence electrons. The molecule has 0 aliphatic heterocycles. The quantitative estimate of drug-likeness (QED) is 0.626. The molecule has 0 spiro atoms. The molecule has 0 amide bonds. The third-order valence-corrected chi connectivity index (χ3v) is 3.71. The van der Waals surface area contributed by atoms with Crippen LogP contribution in [0.25, 0.3) is 10.9 Å². The Morgan fingerprint density at radius 2 is 2.00 bits per heavy atom. The Morgan fingerprint density at radius 3 is 2.67 bits per heavy atom. The molecule has 21 heavy (non-hydrogen) atoms. The van der Waals surface area contributed by atoms with Crippen LogP contribution in [-0.4, -0.2) is 18.4 Å². The zero-order chi connectivity index (χ0) is 15.2. The number of aromatic nitrogens is 1. The van der Waals surface area contributed by atoms with Crippen LogP contribution in [0.5, 0.6) is 5.75 Å². The summed E-state index contributed by atoms with van der Waals surface area (Å²) in [7, 11) is 1.51. The number of hydrogen-bond acceptors (Lipinski definition) is 3. The third-order valence-electron chi connectivity index (χ3n) is 3.71. The number of carbonyl (C=O) groups excluding carboxylic acids is 1. The van der Waals surface area contributed by atoms with Crippen LogP contribution in [0.3, 0.4) is 0 Å². The van der Waals surface area contributed by atoms with Crippen molar-refractivity contribution in [2.24, 2.45) is 0 Å². The molecule has 0 unspecified atom stereocenters. The van der Waals surface area contributed by atoms with Gasteiger partial charge in [0, 0.05) is 17.5 Å². The van der Waals surface area contributed by atoms with Gasteiger partial charge < -0.3 is 9.72 Å². The number of pyridine rings is 1. The molecule has 0 saturated carbocycles. The molecular formula is C17H21NO3. The Kier molecular flexibility index (Phi) is 5.14. The molecule has 0 aliphatic carbocycles. The average Bonchev–Trinajstić information content (AvgIpc) is 2.49.